The topological polar surface area (TPSA) is 58.4 Å². The summed E-state index contributed by atoms with van der Waals surface area (Å²) in [6.45, 7) is 2.38. The number of nitrogens with zero attached hydrogens (tertiary/aromatic N) is 1. The molecule has 1 saturated heterocycles. The smallest absolute Gasteiger partial charge is 0.238 e. The molecule has 7 heteroatoms. The van der Waals surface area contributed by atoms with Crippen LogP contribution >= 0.6 is 12.4 Å². The van der Waals surface area contributed by atoms with Gasteiger partial charge in [-0.1, -0.05) is 0 Å². The van der Waals surface area contributed by atoms with E-state index in [-0.39, 0.29) is 30.5 Å². The Morgan fingerprint density at radius 1 is 1.43 bits per heavy atom. The zero-order chi connectivity index (χ0) is 14.5. The molecule has 0 spiro atoms. The highest BCUT2D eigenvalue weighted by Gasteiger charge is 2.20. The predicted molar refractivity (Wildman–Crippen MR) is 80.5 cm³/mol. The Balaban J connectivity index is 0.00000220. The number of rotatable bonds is 4. The van der Waals surface area contributed by atoms with Gasteiger partial charge < -0.3 is 11.1 Å². The van der Waals surface area contributed by atoms with E-state index in [4.69, 9.17) is 5.73 Å². The first kappa shape index (κ1) is 17.8. The van der Waals surface area contributed by atoms with Crippen molar-refractivity contribution in [3.8, 4) is 0 Å². The number of hydrogen-bond acceptors (Lipinski definition) is 3. The van der Waals surface area contributed by atoms with Crippen LogP contribution in [-0.4, -0.2) is 37.0 Å². The first-order valence-electron chi connectivity index (χ1n) is 6.76. The third-order valence-electron chi connectivity index (χ3n) is 3.51. The van der Waals surface area contributed by atoms with Crippen molar-refractivity contribution in [2.24, 2.45) is 11.7 Å². The zero-order valence-corrected chi connectivity index (χ0v) is 12.5. The molecule has 1 aliphatic rings. The Morgan fingerprint density at radius 3 is 2.90 bits per heavy atom. The van der Waals surface area contributed by atoms with E-state index in [1.165, 1.54) is 0 Å². The van der Waals surface area contributed by atoms with Gasteiger partial charge in [-0.05, 0) is 44.0 Å². The lowest BCUT2D eigenvalue weighted by molar-refractivity contribution is -0.117. The number of carbonyl (C=O) groups is 1. The highest BCUT2D eigenvalue weighted by molar-refractivity contribution is 5.92. The molecule has 0 saturated carbocycles. The fraction of sp³-hybridized carbons (Fsp3) is 0.500. The van der Waals surface area contributed by atoms with Crippen LogP contribution in [0.1, 0.15) is 12.8 Å². The first-order chi connectivity index (χ1) is 9.58. The third-order valence-corrected chi connectivity index (χ3v) is 3.51. The Labute approximate surface area is 129 Å². The molecule has 3 N–H and O–H groups in total. The number of carbonyl (C=O) groups excluding carboxylic acids is 1. The van der Waals surface area contributed by atoms with Gasteiger partial charge in [0, 0.05) is 12.6 Å². The molecular weight excluding hydrogens is 300 g/mol. The molecule has 1 unspecified atom stereocenters. The summed E-state index contributed by atoms with van der Waals surface area (Å²) in [5.41, 5.74) is 5.52. The van der Waals surface area contributed by atoms with Crippen molar-refractivity contribution in [1.82, 2.24) is 4.90 Å². The minimum absolute atomic E-state index is 0. The number of benzene rings is 1. The van der Waals surface area contributed by atoms with E-state index in [1.807, 2.05) is 4.90 Å². The normalized spacial score (nSPS) is 18.9. The maximum atomic E-state index is 13.4. The fourth-order valence-electron chi connectivity index (χ4n) is 2.47. The van der Waals surface area contributed by atoms with Crippen molar-refractivity contribution in [3.63, 3.8) is 0 Å². The van der Waals surface area contributed by atoms with Crippen molar-refractivity contribution in [2.45, 2.75) is 12.8 Å². The summed E-state index contributed by atoms with van der Waals surface area (Å²) in [6.07, 6.45) is 2.08. The van der Waals surface area contributed by atoms with Crippen molar-refractivity contribution in [3.05, 3.63) is 29.8 Å². The van der Waals surface area contributed by atoms with Crippen LogP contribution in [0.2, 0.25) is 0 Å². The lowest BCUT2D eigenvalue weighted by Gasteiger charge is -2.31. The number of piperidine rings is 1. The molecular formula is C14H20ClF2N3O. The Kier molecular flexibility index (Phi) is 7.01. The molecule has 0 aliphatic carbocycles. The second-order valence-corrected chi connectivity index (χ2v) is 5.15. The standard InChI is InChI=1S/C14H19F2N3O.ClH/c15-11-3-4-12(16)13(6-11)18-14(20)9-19-5-1-2-10(7-17)8-19;/h3-4,6,10H,1-2,5,7-9,17H2,(H,18,20);1H. The number of likely N-dealkylation sites (tertiary alicyclic amines) is 1. The van der Waals surface area contributed by atoms with Crippen LogP contribution < -0.4 is 11.1 Å². The average Bonchev–Trinajstić information content (AvgIpc) is 2.43. The Bertz CT molecular complexity index is 487. The van der Waals surface area contributed by atoms with Gasteiger partial charge in [0.2, 0.25) is 5.91 Å². The van der Waals surface area contributed by atoms with Crippen LogP contribution in [-0.2, 0) is 4.79 Å². The van der Waals surface area contributed by atoms with Gasteiger partial charge in [-0.15, -0.1) is 12.4 Å². The van der Waals surface area contributed by atoms with Crippen molar-refractivity contribution in [2.75, 3.05) is 31.5 Å². The first-order valence-corrected chi connectivity index (χ1v) is 6.76. The molecule has 1 aliphatic heterocycles. The number of anilines is 1. The Morgan fingerprint density at radius 2 is 2.19 bits per heavy atom. The molecule has 1 aromatic rings. The monoisotopic (exact) mass is 319 g/mol. The predicted octanol–water partition coefficient (Wildman–Crippen LogP) is 2.00. The van der Waals surface area contributed by atoms with E-state index in [0.29, 0.717) is 12.5 Å². The van der Waals surface area contributed by atoms with Gasteiger partial charge in [0.05, 0.1) is 12.2 Å². The van der Waals surface area contributed by atoms with E-state index in [0.717, 1.165) is 44.1 Å². The van der Waals surface area contributed by atoms with E-state index in [2.05, 4.69) is 5.32 Å². The van der Waals surface area contributed by atoms with E-state index >= 15 is 0 Å². The summed E-state index contributed by atoms with van der Waals surface area (Å²) in [7, 11) is 0. The van der Waals surface area contributed by atoms with Crippen molar-refractivity contribution >= 4 is 24.0 Å². The molecule has 2 rings (SSSR count). The summed E-state index contributed by atoms with van der Waals surface area (Å²) in [5.74, 6) is -1.16. The molecule has 1 aromatic carbocycles. The van der Waals surface area contributed by atoms with E-state index < -0.39 is 11.6 Å². The SMILES string of the molecule is Cl.NCC1CCCN(CC(=O)Nc2cc(F)ccc2F)C1. The number of amides is 1. The number of hydrogen-bond donors (Lipinski definition) is 2. The molecule has 1 fully saturated rings. The quantitative estimate of drug-likeness (QED) is 0.892. The maximum Gasteiger partial charge on any atom is 0.238 e. The summed E-state index contributed by atoms with van der Waals surface area (Å²) in [6, 6.07) is 2.99. The molecule has 4 nitrogen and oxygen atoms in total. The van der Waals surface area contributed by atoms with Gasteiger partial charge in [0.1, 0.15) is 11.6 Å². The van der Waals surface area contributed by atoms with Gasteiger partial charge in [-0.25, -0.2) is 8.78 Å². The van der Waals surface area contributed by atoms with Crippen LogP contribution in [0.5, 0.6) is 0 Å². The maximum absolute atomic E-state index is 13.4. The minimum atomic E-state index is -0.641. The number of halogens is 3. The molecule has 0 radical (unpaired) electrons. The highest BCUT2D eigenvalue weighted by Crippen LogP contribution is 2.17. The molecule has 1 heterocycles. The van der Waals surface area contributed by atoms with E-state index in [1.54, 1.807) is 0 Å². The van der Waals surface area contributed by atoms with Crippen molar-refractivity contribution < 1.29 is 13.6 Å². The largest absolute Gasteiger partial charge is 0.330 e. The van der Waals surface area contributed by atoms with Crippen LogP contribution in [0.15, 0.2) is 18.2 Å². The molecule has 118 valence electrons. The summed E-state index contributed by atoms with van der Waals surface area (Å²) in [4.78, 5) is 13.9. The lowest BCUT2D eigenvalue weighted by Crippen LogP contribution is -2.42. The second kappa shape index (κ2) is 8.26. The molecule has 0 aromatic heterocycles. The second-order valence-electron chi connectivity index (χ2n) is 5.15. The van der Waals surface area contributed by atoms with Crippen LogP contribution in [0.3, 0.4) is 0 Å². The zero-order valence-electron chi connectivity index (χ0n) is 11.6. The van der Waals surface area contributed by atoms with Gasteiger partial charge in [0.25, 0.3) is 0 Å². The lowest BCUT2D eigenvalue weighted by atomic mass is 9.98. The van der Waals surface area contributed by atoms with Gasteiger partial charge >= 0.3 is 0 Å². The van der Waals surface area contributed by atoms with Crippen molar-refractivity contribution in [1.29, 1.82) is 0 Å². The summed E-state index contributed by atoms with van der Waals surface area (Å²) in [5, 5.41) is 2.40. The number of nitrogens with two attached hydrogens (primary N) is 1. The van der Waals surface area contributed by atoms with Crippen LogP contribution in [0, 0.1) is 17.6 Å². The fourth-order valence-corrected chi connectivity index (χ4v) is 2.47. The summed E-state index contributed by atoms with van der Waals surface area (Å²) < 4.78 is 26.4. The molecule has 21 heavy (non-hydrogen) atoms. The van der Waals surface area contributed by atoms with Crippen LogP contribution in [0.25, 0.3) is 0 Å². The highest BCUT2D eigenvalue weighted by atomic mass is 35.5. The minimum Gasteiger partial charge on any atom is -0.330 e. The van der Waals surface area contributed by atoms with Gasteiger partial charge in [0.15, 0.2) is 0 Å². The number of nitrogens with one attached hydrogen (secondary N) is 1. The molecule has 0 bridgehead atoms. The van der Waals surface area contributed by atoms with Gasteiger partial charge in [-0.3, -0.25) is 9.69 Å². The van der Waals surface area contributed by atoms with Crippen LogP contribution in [0.4, 0.5) is 14.5 Å². The summed E-state index contributed by atoms with van der Waals surface area (Å²) >= 11 is 0. The van der Waals surface area contributed by atoms with Gasteiger partial charge in [-0.2, -0.15) is 0 Å². The molecule has 1 amide bonds. The molecule has 1 atom stereocenters. The third kappa shape index (κ3) is 5.22. The Hall–Kier alpha value is -1.24. The van der Waals surface area contributed by atoms with E-state index in [9.17, 15) is 13.6 Å². The average molecular weight is 320 g/mol.